The minimum atomic E-state index is -0.0647. The third kappa shape index (κ3) is 5.26. The minimum Gasteiger partial charge on any atom is -0.353 e. The highest BCUT2D eigenvalue weighted by Gasteiger charge is 2.27. The van der Waals surface area contributed by atoms with Gasteiger partial charge >= 0.3 is 0 Å². The maximum absolute atomic E-state index is 12.3. The van der Waals surface area contributed by atoms with Crippen molar-refractivity contribution in [2.24, 2.45) is 7.05 Å². The van der Waals surface area contributed by atoms with Gasteiger partial charge in [-0.3, -0.25) is 9.89 Å². The molecule has 3 aromatic heterocycles. The molecule has 2 saturated carbocycles. The standard InChI is InChI=1S/C21H29N11O/c1-31(15-7-5-14(6-8-15)23-20(33)12-19-28-30-32(2)29-19)21-22-10-9-17(25-21)24-18-11-16(26-27-18)13-3-4-13/h9-11,13-15H,3-8,12H2,1-2H3,(H,23,33)(H2,22,24,25,26,27)/t14-,15-. The molecule has 2 aliphatic carbocycles. The van der Waals surface area contributed by atoms with Crippen molar-refractivity contribution in [2.75, 3.05) is 17.3 Å². The van der Waals surface area contributed by atoms with Crippen molar-refractivity contribution in [1.82, 2.24) is 45.7 Å². The molecule has 12 nitrogen and oxygen atoms in total. The lowest BCUT2D eigenvalue weighted by Gasteiger charge is -2.35. The molecule has 2 fully saturated rings. The fourth-order valence-electron chi connectivity index (χ4n) is 4.31. The van der Waals surface area contributed by atoms with E-state index in [2.05, 4.69) is 57.2 Å². The summed E-state index contributed by atoms with van der Waals surface area (Å²) in [6.07, 6.45) is 8.10. The van der Waals surface area contributed by atoms with Gasteiger partial charge in [-0.05, 0) is 49.8 Å². The molecule has 3 heterocycles. The summed E-state index contributed by atoms with van der Waals surface area (Å²) in [6, 6.07) is 4.38. The van der Waals surface area contributed by atoms with Crippen LogP contribution >= 0.6 is 0 Å². The number of tetrazole rings is 1. The van der Waals surface area contributed by atoms with Gasteiger partial charge in [0.05, 0.1) is 13.5 Å². The Morgan fingerprint density at radius 1 is 1.21 bits per heavy atom. The highest BCUT2D eigenvalue weighted by atomic mass is 16.1. The van der Waals surface area contributed by atoms with Crippen molar-refractivity contribution >= 4 is 23.5 Å². The molecule has 0 bridgehead atoms. The van der Waals surface area contributed by atoms with Crippen LogP contribution in [0.3, 0.4) is 0 Å². The van der Waals surface area contributed by atoms with Gasteiger partial charge in [0.25, 0.3) is 0 Å². The Bertz CT molecular complexity index is 1100. The molecule has 1 amide bonds. The number of aryl methyl sites for hydroxylation is 1. The van der Waals surface area contributed by atoms with Gasteiger partial charge in [0.1, 0.15) is 5.82 Å². The predicted octanol–water partition coefficient (Wildman–Crippen LogP) is 1.45. The van der Waals surface area contributed by atoms with E-state index in [1.165, 1.54) is 23.3 Å². The lowest BCUT2D eigenvalue weighted by molar-refractivity contribution is -0.121. The van der Waals surface area contributed by atoms with Crippen LogP contribution in [0.25, 0.3) is 0 Å². The molecular formula is C21H29N11O. The molecule has 0 unspecified atom stereocenters. The Kier molecular flexibility index (Phi) is 5.88. The van der Waals surface area contributed by atoms with Gasteiger partial charge in [0.15, 0.2) is 11.6 Å². The Balaban J connectivity index is 1.12. The van der Waals surface area contributed by atoms with Crippen LogP contribution in [0.4, 0.5) is 17.6 Å². The van der Waals surface area contributed by atoms with Crippen LogP contribution in [0, 0.1) is 0 Å². The Morgan fingerprint density at radius 3 is 2.76 bits per heavy atom. The third-order valence-corrected chi connectivity index (χ3v) is 6.31. The van der Waals surface area contributed by atoms with Crippen LogP contribution in [0.5, 0.6) is 0 Å². The van der Waals surface area contributed by atoms with Gasteiger partial charge in [-0.1, -0.05) is 0 Å². The van der Waals surface area contributed by atoms with E-state index < -0.39 is 0 Å². The molecule has 0 aromatic carbocycles. The molecule has 3 aromatic rings. The first kappa shape index (κ1) is 21.3. The number of aromatic amines is 1. The zero-order valence-corrected chi connectivity index (χ0v) is 18.9. The second-order valence-electron chi connectivity index (χ2n) is 8.91. The second-order valence-corrected chi connectivity index (χ2v) is 8.91. The number of hydrogen-bond donors (Lipinski definition) is 3. The highest BCUT2D eigenvalue weighted by molar-refractivity contribution is 5.78. The molecule has 2 aliphatic rings. The van der Waals surface area contributed by atoms with Gasteiger partial charge in [-0.15, -0.1) is 10.2 Å². The van der Waals surface area contributed by atoms with Crippen LogP contribution in [-0.2, 0) is 18.3 Å². The maximum atomic E-state index is 12.3. The number of rotatable bonds is 8. The number of nitrogens with one attached hydrogen (secondary N) is 3. The first-order valence-corrected chi connectivity index (χ1v) is 11.4. The molecule has 0 aliphatic heterocycles. The lowest BCUT2D eigenvalue weighted by atomic mass is 9.90. The average Bonchev–Trinajstić information content (AvgIpc) is 3.43. The molecule has 0 atom stereocenters. The summed E-state index contributed by atoms with van der Waals surface area (Å²) in [7, 11) is 3.71. The summed E-state index contributed by atoms with van der Waals surface area (Å²) in [5.74, 6) is 3.18. The molecule has 0 saturated heterocycles. The molecule has 12 heteroatoms. The zero-order chi connectivity index (χ0) is 22.8. The van der Waals surface area contributed by atoms with Gasteiger partial charge in [-0.2, -0.15) is 14.9 Å². The topological polar surface area (TPSA) is 142 Å². The molecular weight excluding hydrogens is 422 g/mol. The number of amides is 1. The van der Waals surface area contributed by atoms with Crippen LogP contribution in [-0.4, -0.2) is 65.4 Å². The molecule has 3 N–H and O–H groups in total. The Hall–Kier alpha value is -3.57. The smallest absolute Gasteiger partial charge is 0.228 e. The first-order chi connectivity index (χ1) is 16.0. The van der Waals surface area contributed by atoms with E-state index in [0.29, 0.717) is 23.7 Å². The van der Waals surface area contributed by atoms with E-state index in [4.69, 9.17) is 0 Å². The van der Waals surface area contributed by atoms with Crippen LogP contribution < -0.4 is 15.5 Å². The summed E-state index contributed by atoms with van der Waals surface area (Å²) < 4.78 is 0. The normalized spacial score (nSPS) is 20.4. The highest BCUT2D eigenvalue weighted by Crippen LogP contribution is 2.39. The van der Waals surface area contributed by atoms with Gasteiger partial charge in [0.2, 0.25) is 11.9 Å². The SMILES string of the molecule is Cn1nnc(CC(=O)N[C@H]2CC[C@H](N(C)c3nccc(Nc4cc(C5CC5)[nH]n4)n3)CC2)n1. The Labute approximate surface area is 191 Å². The van der Waals surface area contributed by atoms with Crippen molar-refractivity contribution in [3.63, 3.8) is 0 Å². The molecule has 0 spiro atoms. The van der Waals surface area contributed by atoms with Crippen molar-refractivity contribution in [1.29, 1.82) is 0 Å². The van der Waals surface area contributed by atoms with E-state index in [1.54, 1.807) is 13.2 Å². The maximum Gasteiger partial charge on any atom is 0.228 e. The number of carbonyl (C=O) groups is 1. The lowest BCUT2D eigenvalue weighted by Crippen LogP contribution is -2.43. The van der Waals surface area contributed by atoms with Crippen molar-refractivity contribution in [3.05, 3.63) is 29.8 Å². The summed E-state index contributed by atoms with van der Waals surface area (Å²) in [5, 5.41) is 25.5. The van der Waals surface area contributed by atoms with E-state index in [9.17, 15) is 4.79 Å². The zero-order valence-electron chi connectivity index (χ0n) is 18.9. The van der Waals surface area contributed by atoms with Crippen molar-refractivity contribution in [3.8, 4) is 0 Å². The average molecular weight is 452 g/mol. The predicted molar refractivity (Wildman–Crippen MR) is 121 cm³/mol. The number of nitrogens with zero attached hydrogens (tertiary/aromatic N) is 8. The van der Waals surface area contributed by atoms with Gasteiger partial charge < -0.3 is 15.5 Å². The Morgan fingerprint density at radius 2 is 2.03 bits per heavy atom. The largest absolute Gasteiger partial charge is 0.353 e. The molecule has 5 rings (SSSR count). The van der Waals surface area contributed by atoms with E-state index in [-0.39, 0.29) is 18.4 Å². The minimum absolute atomic E-state index is 0.0647. The summed E-state index contributed by atoms with van der Waals surface area (Å²) in [5.41, 5.74) is 1.18. The van der Waals surface area contributed by atoms with E-state index >= 15 is 0 Å². The summed E-state index contributed by atoms with van der Waals surface area (Å²) in [4.78, 5) is 24.9. The molecule has 0 radical (unpaired) electrons. The van der Waals surface area contributed by atoms with E-state index in [0.717, 1.165) is 37.3 Å². The number of H-pyrrole nitrogens is 1. The number of aromatic nitrogens is 8. The fraction of sp³-hybridized carbons (Fsp3) is 0.571. The molecule has 174 valence electrons. The van der Waals surface area contributed by atoms with Gasteiger partial charge in [-0.25, -0.2) is 4.98 Å². The summed E-state index contributed by atoms with van der Waals surface area (Å²) in [6.45, 7) is 0. The quantitative estimate of drug-likeness (QED) is 0.464. The van der Waals surface area contributed by atoms with E-state index in [1.807, 2.05) is 13.1 Å². The first-order valence-electron chi connectivity index (χ1n) is 11.4. The second kappa shape index (κ2) is 9.12. The fourth-order valence-corrected chi connectivity index (χ4v) is 4.31. The van der Waals surface area contributed by atoms with Crippen LogP contribution in [0.1, 0.15) is 56.0 Å². The van der Waals surface area contributed by atoms with Crippen molar-refractivity contribution < 1.29 is 4.79 Å². The van der Waals surface area contributed by atoms with Crippen molar-refractivity contribution in [2.45, 2.75) is 62.9 Å². The number of carbonyl (C=O) groups excluding carboxylic acids is 1. The monoisotopic (exact) mass is 451 g/mol. The van der Waals surface area contributed by atoms with Crippen LogP contribution in [0.15, 0.2) is 18.3 Å². The summed E-state index contributed by atoms with van der Waals surface area (Å²) >= 11 is 0. The number of anilines is 3. The van der Waals surface area contributed by atoms with Crippen LogP contribution in [0.2, 0.25) is 0 Å². The third-order valence-electron chi connectivity index (χ3n) is 6.31. The number of hydrogen-bond acceptors (Lipinski definition) is 9. The molecule has 33 heavy (non-hydrogen) atoms. The van der Waals surface area contributed by atoms with Gasteiger partial charge in [0, 0.05) is 43.0 Å².